The molecule has 2 N–H and O–H groups in total. The standard InChI is InChI=1S/C34H47N3O11S/c1-34(2,13-7-14-35-31(39)20-44-3)21-36(49(42,43)24-10-11-29-30(17-24)48-22-47-29)18-28(38)26(16-23-8-5-4-6-9-23)37(33(40)41)27-19-46-32-25(27)12-15-45-32/h4-6,8-11,17,25-28,32,38H,7,12-16,18-22H2,1-3H3,(H,35,39)(H,40,41)/p-1/t25-,26-,27-,28+,32+/m0/s1. The van der Waals surface area contributed by atoms with Crippen LogP contribution in [0.5, 0.6) is 11.5 Å². The molecule has 0 aromatic heterocycles. The number of carbonyl (C=O) groups excluding carboxylic acids is 2. The first-order valence-corrected chi connectivity index (χ1v) is 17.9. The Kier molecular flexibility index (Phi) is 12.0. The Balaban J connectivity index is 1.44. The Bertz CT molecular complexity index is 1540. The highest BCUT2D eigenvalue weighted by Crippen LogP contribution is 2.38. The van der Waals surface area contributed by atoms with Crippen LogP contribution in [0, 0.1) is 11.3 Å². The first kappa shape index (κ1) is 36.8. The van der Waals surface area contributed by atoms with Crippen molar-refractivity contribution in [3.63, 3.8) is 0 Å². The van der Waals surface area contributed by atoms with E-state index in [4.69, 9.17) is 23.7 Å². The van der Waals surface area contributed by atoms with Gasteiger partial charge in [-0.2, -0.15) is 4.31 Å². The highest BCUT2D eigenvalue weighted by Gasteiger charge is 2.47. The molecule has 2 amide bonds. The maximum absolute atomic E-state index is 14.4. The third-order valence-corrected chi connectivity index (χ3v) is 11.1. The second-order valence-corrected chi connectivity index (χ2v) is 15.4. The fourth-order valence-electron chi connectivity index (χ4n) is 6.82. The minimum absolute atomic E-state index is 0.0126. The molecule has 0 spiro atoms. The fraction of sp³-hybridized carbons (Fsp3) is 0.588. The molecule has 0 radical (unpaired) electrons. The molecule has 3 aliphatic heterocycles. The smallest absolute Gasteiger partial charge is 0.245 e. The van der Waals surface area contributed by atoms with Crippen molar-refractivity contribution in [2.75, 3.05) is 53.4 Å². The van der Waals surface area contributed by atoms with Gasteiger partial charge in [0.25, 0.3) is 0 Å². The maximum Gasteiger partial charge on any atom is 0.245 e. The molecule has 15 heteroatoms. The summed E-state index contributed by atoms with van der Waals surface area (Å²) >= 11 is 0. The fourth-order valence-corrected chi connectivity index (χ4v) is 8.48. The second-order valence-electron chi connectivity index (χ2n) is 13.5. The van der Waals surface area contributed by atoms with Crippen LogP contribution >= 0.6 is 0 Å². The second kappa shape index (κ2) is 16.0. The van der Waals surface area contributed by atoms with E-state index in [0.29, 0.717) is 38.2 Å². The normalized spacial score (nSPS) is 21.4. The number of methoxy groups -OCH3 is 1. The van der Waals surface area contributed by atoms with E-state index in [-0.39, 0.29) is 55.4 Å². The van der Waals surface area contributed by atoms with Crippen LogP contribution in [0.2, 0.25) is 0 Å². The van der Waals surface area contributed by atoms with E-state index in [1.807, 2.05) is 44.2 Å². The summed E-state index contributed by atoms with van der Waals surface area (Å²) in [4.78, 5) is 25.8. The quantitative estimate of drug-likeness (QED) is 0.228. The lowest BCUT2D eigenvalue weighted by atomic mass is 9.87. The van der Waals surface area contributed by atoms with Crippen molar-refractivity contribution >= 4 is 22.0 Å². The van der Waals surface area contributed by atoms with Gasteiger partial charge in [0.15, 0.2) is 17.8 Å². The van der Waals surface area contributed by atoms with Crippen LogP contribution in [0.1, 0.15) is 38.7 Å². The van der Waals surface area contributed by atoms with Crippen LogP contribution in [-0.4, -0.2) is 113 Å². The number of sulfonamides is 1. The number of rotatable bonds is 17. The Morgan fingerprint density at radius 1 is 1.12 bits per heavy atom. The predicted octanol–water partition coefficient (Wildman–Crippen LogP) is 1.35. The van der Waals surface area contributed by atoms with Gasteiger partial charge in [0.1, 0.15) is 12.7 Å². The Morgan fingerprint density at radius 3 is 2.61 bits per heavy atom. The minimum atomic E-state index is -4.26. The molecule has 14 nitrogen and oxygen atoms in total. The van der Waals surface area contributed by atoms with Gasteiger partial charge >= 0.3 is 0 Å². The molecule has 2 aromatic carbocycles. The molecule has 3 heterocycles. The van der Waals surface area contributed by atoms with E-state index >= 15 is 0 Å². The summed E-state index contributed by atoms with van der Waals surface area (Å²) in [6, 6.07) is 11.7. The number of hydrogen-bond donors (Lipinski definition) is 2. The van der Waals surface area contributed by atoms with Gasteiger partial charge in [0.2, 0.25) is 22.7 Å². The third-order valence-electron chi connectivity index (χ3n) is 9.27. The molecule has 3 aliphatic rings. The maximum atomic E-state index is 14.4. The number of carbonyl (C=O) groups is 2. The monoisotopic (exact) mass is 704 g/mol. The number of fused-ring (bicyclic) bond motifs is 2. The summed E-state index contributed by atoms with van der Waals surface area (Å²) in [5.74, 6) is 0.204. The van der Waals surface area contributed by atoms with E-state index in [1.165, 1.54) is 29.6 Å². The van der Waals surface area contributed by atoms with Gasteiger partial charge in [-0.1, -0.05) is 44.2 Å². The number of aliphatic hydroxyl groups is 1. The topological polar surface area (TPSA) is 176 Å². The van der Waals surface area contributed by atoms with E-state index in [2.05, 4.69) is 5.32 Å². The number of aliphatic hydroxyl groups excluding tert-OH is 1. The zero-order valence-corrected chi connectivity index (χ0v) is 28.9. The van der Waals surface area contributed by atoms with Crippen LogP contribution in [0.25, 0.3) is 0 Å². The first-order chi connectivity index (χ1) is 23.4. The van der Waals surface area contributed by atoms with Crippen LogP contribution in [-0.2, 0) is 35.4 Å². The molecule has 5 rings (SSSR count). The molecule has 0 unspecified atom stereocenters. The number of nitrogens with one attached hydrogen (secondary N) is 1. The molecule has 0 aliphatic carbocycles. The highest BCUT2D eigenvalue weighted by molar-refractivity contribution is 7.89. The number of ether oxygens (including phenoxy) is 5. The van der Waals surface area contributed by atoms with Crippen LogP contribution < -0.4 is 19.9 Å². The average Bonchev–Trinajstić information content (AvgIpc) is 3.81. The minimum Gasteiger partial charge on any atom is -0.530 e. The summed E-state index contributed by atoms with van der Waals surface area (Å²) in [6.07, 6.45) is -1.72. The predicted molar refractivity (Wildman–Crippen MR) is 174 cm³/mol. The zero-order chi connectivity index (χ0) is 35.2. The van der Waals surface area contributed by atoms with Gasteiger partial charge < -0.3 is 48.9 Å². The summed E-state index contributed by atoms with van der Waals surface area (Å²) in [5, 5.41) is 27.7. The summed E-state index contributed by atoms with van der Waals surface area (Å²) in [5.41, 5.74) is 0.142. The van der Waals surface area contributed by atoms with E-state index in [0.717, 1.165) is 10.5 Å². The molecular weight excluding hydrogens is 658 g/mol. The molecule has 0 bridgehead atoms. The van der Waals surface area contributed by atoms with Gasteiger partial charge in [0, 0.05) is 38.7 Å². The molecule has 270 valence electrons. The van der Waals surface area contributed by atoms with Gasteiger partial charge in [-0.3, -0.25) is 4.79 Å². The Hall–Kier alpha value is -3.47. The number of carboxylic acid groups (broad SMARTS) is 1. The summed E-state index contributed by atoms with van der Waals surface area (Å²) in [6.45, 7) is 4.15. The molecule has 0 saturated carbocycles. The summed E-state index contributed by atoms with van der Waals surface area (Å²) < 4.78 is 57.1. The molecular formula is C34H46N3O11S-. The largest absolute Gasteiger partial charge is 0.530 e. The van der Waals surface area contributed by atoms with Crippen molar-refractivity contribution in [1.82, 2.24) is 14.5 Å². The van der Waals surface area contributed by atoms with Crippen molar-refractivity contribution in [2.45, 2.75) is 68.9 Å². The van der Waals surface area contributed by atoms with Crippen LogP contribution in [0.15, 0.2) is 53.4 Å². The van der Waals surface area contributed by atoms with E-state index in [9.17, 15) is 28.2 Å². The summed E-state index contributed by atoms with van der Waals surface area (Å²) in [7, 11) is -2.83. The molecule has 2 aromatic rings. The van der Waals surface area contributed by atoms with Crippen LogP contribution in [0.4, 0.5) is 4.79 Å². The lowest BCUT2D eigenvalue weighted by molar-refractivity contribution is -0.273. The molecule has 2 saturated heterocycles. The first-order valence-electron chi connectivity index (χ1n) is 16.5. The number of nitrogens with zero attached hydrogens (tertiary/aromatic N) is 2. The molecule has 5 atom stereocenters. The average molecular weight is 705 g/mol. The number of benzene rings is 2. The van der Waals surface area contributed by atoms with Gasteiger partial charge in [0.05, 0.1) is 36.3 Å². The van der Waals surface area contributed by atoms with Gasteiger partial charge in [-0.05, 0) is 48.8 Å². The van der Waals surface area contributed by atoms with Gasteiger partial charge in [-0.15, -0.1) is 0 Å². The van der Waals surface area contributed by atoms with Crippen molar-refractivity contribution in [3.8, 4) is 11.5 Å². The number of amides is 2. The van der Waals surface area contributed by atoms with Crippen LogP contribution in [0.3, 0.4) is 0 Å². The SMILES string of the molecule is COCC(=O)NCCCC(C)(C)CN(C[C@@H](O)[C@H](Cc1ccccc1)N(C(=O)[O-])[C@H]1CO[C@H]2OCC[C@H]21)S(=O)(=O)c1ccc2c(c1)OCO2. The Labute approximate surface area is 287 Å². The third kappa shape index (κ3) is 9.01. The van der Waals surface area contributed by atoms with Gasteiger partial charge in [-0.25, -0.2) is 8.42 Å². The lowest BCUT2D eigenvalue weighted by Crippen LogP contribution is -2.61. The highest BCUT2D eigenvalue weighted by atomic mass is 32.2. The van der Waals surface area contributed by atoms with Crippen molar-refractivity contribution in [1.29, 1.82) is 0 Å². The van der Waals surface area contributed by atoms with Crippen molar-refractivity contribution in [2.24, 2.45) is 11.3 Å². The van der Waals surface area contributed by atoms with Crippen molar-refractivity contribution in [3.05, 3.63) is 54.1 Å². The van der Waals surface area contributed by atoms with Crippen molar-refractivity contribution < 1.29 is 51.9 Å². The molecule has 49 heavy (non-hydrogen) atoms. The Morgan fingerprint density at radius 2 is 1.88 bits per heavy atom. The molecule has 2 fully saturated rings. The number of hydrogen-bond acceptors (Lipinski definition) is 11. The lowest BCUT2D eigenvalue weighted by Gasteiger charge is -2.43. The van der Waals surface area contributed by atoms with E-state index in [1.54, 1.807) is 0 Å². The van der Waals surface area contributed by atoms with E-state index < -0.39 is 52.6 Å². The zero-order valence-electron chi connectivity index (χ0n) is 28.1.